The van der Waals surface area contributed by atoms with Gasteiger partial charge < -0.3 is 24.4 Å². The van der Waals surface area contributed by atoms with Gasteiger partial charge in [-0.1, -0.05) is 25.3 Å². The Hall–Kier alpha value is -3.33. The maximum atomic E-state index is 13.4. The smallest absolute Gasteiger partial charge is 0.287 e. The maximum absolute atomic E-state index is 13.4. The molecule has 3 aromatic heterocycles. The number of nitrogens with one attached hydrogen (secondary N) is 2. The zero-order valence-electron chi connectivity index (χ0n) is 18.2. The molecule has 1 saturated carbocycles. The molecule has 1 atom stereocenters. The van der Waals surface area contributed by atoms with Crippen molar-refractivity contribution < 1.29 is 23.2 Å². The van der Waals surface area contributed by atoms with Gasteiger partial charge in [-0.15, -0.1) is 11.3 Å². The van der Waals surface area contributed by atoms with Gasteiger partial charge >= 0.3 is 0 Å². The van der Waals surface area contributed by atoms with Gasteiger partial charge in [0.05, 0.1) is 25.6 Å². The lowest BCUT2D eigenvalue weighted by Crippen LogP contribution is -2.49. The molecule has 0 radical (unpaired) electrons. The van der Waals surface area contributed by atoms with Gasteiger partial charge in [0.1, 0.15) is 5.76 Å². The van der Waals surface area contributed by atoms with Crippen LogP contribution in [-0.4, -0.2) is 35.2 Å². The van der Waals surface area contributed by atoms with Crippen LogP contribution < -0.4 is 10.6 Å². The molecule has 9 heteroatoms. The van der Waals surface area contributed by atoms with E-state index in [4.69, 9.17) is 8.83 Å². The first kappa shape index (κ1) is 22.8. The van der Waals surface area contributed by atoms with Crippen LogP contribution in [0.2, 0.25) is 0 Å². The summed E-state index contributed by atoms with van der Waals surface area (Å²) in [5, 5.41) is 7.62. The van der Waals surface area contributed by atoms with Gasteiger partial charge in [0, 0.05) is 10.9 Å². The molecule has 0 bridgehead atoms. The summed E-state index contributed by atoms with van der Waals surface area (Å²) in [6.45, 7) is -0.0601. The second kappa shape index (κ2) is 11.0. The molecule has 3 heterocycles. The Balaban J connectivity index is 1.55. The fourth-order valence-corrected chi connectivity index (χ4v) is 4.75. The van der Waals surface area contributed by atoms with E-state index in [-0.39, 0.29) is 30.8 Å². The minimum atomic E-state index is -0.947. The fraction of sp³-hybridized carbons (Fsp3) is 0.375. The molecule has 3 aromatic rings. The Morgan fingerprint density at radius 2 is 1.82 bits per heavy atom. The van der Waals surface area contributed by atoms with Crippen molar-refractivity contribution in [2.45, 2.75) is 50.7 Å². The summed E-state index contributed by atoms with van der Waals surface area (Å²) in [5.74, 6) is -0.677. The minimum Gasteiger partial charge on any atom is -0.467 e. The largest absolute Gasteiger partial charge is 0.467 e. The van der Waals surface area contributed by atoms with Crippen molar-refractivity contribution in [3.8, 4) is 0 Å². The summed E-state index contributed by atoms with van der Waals surface area (Å²) in [5.41, 5.74) is 0. The minimum absolute atomic E-state index is 0.0843. The summed E-state index contributed by atoms with van der Waals surface area (Å²) in [6.07, 6.45) is 8.06. The number of hydrogen-bond acceptors (Lipinski definition) is 6. The van der Waals surface area contributed by atoms with E-state index in [1.165, 1.54) is 41.3 Å². The topological polar surface area (TPSA) is 105 Å². The van der Waals surface area contributed by atoms with E-state index >= 15 is 0 Å². The number of hydrogen-bond donors (Lipinski definition) is 2. The van der Waals surface area contributed by atoms with E-state index < -0.39 is 17.9 Å². The number of rotatable bonds is 9. The highest BCUT2D eigenvalue weighted by Gasteiger charge is 2.35. The molecule has 0 spiro atoms. The van der Waals surface area contributed by atoms with Gasteiger partial charge in [-0.05, 0) is 48.6 Å². The molecule has 0 unspecified atom stereocenters. The highest BCUT2D eigenvalue weighted by atomic mass is 32.1. The average molecular weight is 470 g/mol. The van der Waals surface area contributed by atoms with Crippen molar-refractivity contribution in [2.24, 2.45) is 0 Å². The van der Waals surface area contributed by atoms with E-state index in [0.29, 0.717) is 5.76 Å². The lowest BCUT2D eigenvalue weighted by molar-refractivity contribution is -0.141. The van der Waals surface area contributed by atoms with Gasteiger partial charge in [0.15, 0.2) is 11.8 Å². The molecule has 1 fully saturated rings. The lowest BCUT2D eigenvalue weighted by atomic mass is 9.95. The van der Waals surface area contributed by atoms with Crippen LogP contribution in [0.25, 0.3) is 0 Å². The van der Waals surface area contributed by atoms with Gasteiger partial charge in [0.2, 0.25) is 5.91 Å². The number of carbonyl (C=O) groups is 3. The average Bonchev–Trinajstić information content (AvgIpc) is 3.61. The van der Waals surface area contributed by atoms with E-state index in [0.717, 1.165) is 30.6 Å². The van der Waals surface area contributed by atoms with Gasteiger partial charge in [-0.25, -0.2) is 0 Å². The summed E-state index contributed by atoms with van der Waals surface area (Å²) in [4.78, 5) is 41.4. The first-order valence-corrected chi connectivity index (χ1v) is 12.0. The van der Waals surface area contributed by atoms with Crippen molar-refractivity contribution in [1.82, 2.24) is 15.5 Å². The Kier molecular flexibility index (Phi) is 7.62. The monoisotopic (exact) mass is 469 g/mol. The van der Waals surface area contributed by atoms with Crippen LogP contribution >= 0.6 is 11.3 Å². The summed E-state index contributed by atoms with van der Waals surface area (Å²) in [6, 6.07) is 9.45. The molecule has 3 amide bonds. The molecular weight excluding hydrogens is 442 g/mol. The predicted octanol–water partition coefficient (Wildman–Crippen LogP) is 3.88. The van der Waals surface area contributed by atoms with Crippen molar-refractivity contribution in [2.75, 3.05) is 6.54 Å². The van der Waals surface area contributed by atoms with Crippen LogP contribution in [0.15, 0.2) is 63.1 Å². The maximum Gasteiger partial charge on any atom is 0.287 e. The number of nitrogens with zero attached hydrogens (tertiary/aromatic N) is 1. The number of amides is 3. The van der Waals surface area contributed by atoms with Crippen LogP contribution in [0.1, 0.15) is 59.3 Å². The van der Waals surface area contributed by atoms with Crippen LogP contribution in [0.4, 0.5) is 0 Å². The standard InChI is InChI=1S/C24H27N3O5S/c28-21(15-25-23(29)20-11-5-13-32-20)27(16-18-9-6-14-33-18)22(19-10-4-12-31-19)24(30)26-17-7-2-1-3-8-17/h4-6,9-14,17,22H,1-3,7-8,15-16H2,(H,25,29)(H,26,30)/t22-/m0/s1. The Bertz CT molecular complexity index is 1020. The highest BCUT2D eigenvalue weighted by molar-refractivity contribution is 7.09. The molecular formula is C24H27N3O5S. The quantitative estimate of drug-likeness (QED) is 0.495. The van der Waals surface area contributed by atoms with Crippen LogP contribution in [0.5, 0.6) is 0 Å². The first-order chi connectivity index (χ1) is 16.1. The summed E-state index contributed by atoms with van der Waals surface area (Å²) < 4.78 is 10.7. The van der Waals surface area contributed by atoms with Crippen LogP contribution in [0.3, 0.4) is 0 Å². The second-order valence-corrected chi connectivity index (χ2v) is 9.05. The molecule has 0 saturated heterocycles. The lowest BCUT2D eigenvalue weighted by Gasteiger charge is -2.32. The molecule has 0 aliphatic heterocycles. The van der Waals surface area contributed by atoms with Gasteiger partial charge in [-0.3, -0.25) is 14.4 Å². The van der Waals surface area contributed by atoms with Crippen molar-refractivity contribution in [1.29, 1.82) is 0 Å². The van der Waals surface area contributed by atoms with Crippen LogP contribution in [0, 0.1) is 0 Å². The van der Waals surface area contributed by atoms with E-state index in [9.17, 15) is 14.4 Å². The Morgan fingerprint density at radius 1 is 1.03 bits per heavy atom. The normalized spacial score (nSPS) is 15.0. The Morgan fingerprint density at radius 3 is 2.48 bits per heavy atom. The zero-order chi connectivity index (χ0) is 23.0. The third-order valence-electron chi connectivity index (χ3n) is 5.70. The summed E-state index contributed by atoms with van der Waals surface area (Å²) >= 11 is 1.49. The Labute approximate surface area is 195 Å². The molecule has 2 N–H and O–H groups in total. The zero-order valence-corrected chi connectivity index (χ0v) is 19.0. The van der Waals surface area contributed by atoms with E-state index in [1.54, 1.807) is 18.2 Å². The van der Waals surface area contributed by atoms with Crippen molar-refractivity contribution in [3.05, 3.63) is 70.7 Å². The van der Waals surface area contributed by atoms with Gasteiger partial charge in [0.25, 0.3) is 11.8 Å². The number of thiophene rings is 1. The molecule has 1 aliphatic carbocycles. The fourth-order valence-electron chi connectivity index (χ4n) is 4.04. The highest BCUT2D eigenvalue weighted by Crippen LogP contribution is 2.27. The molecule has 33 heavy (non-hydrogen) atoms. The van der Waals surface area contributed by atoms with Gasteiger partial charge in [-0.2, -0.15) is 0 Å². The number of carbonyl (C=O) groups excluding carboxylic acids is 3. The third kappa shape index (κ3) is 5.92. The van der Waals surface area contributed by atoms with Crippen LogP contribution in [-0.2, 0) is 16.1 Å². The summed E-state index contributed by atoms with van der Waals surface area (Å²) in [7, 11) is 0. The molecule has 174 valence electrons. The molecule has 4 rings (SSSR count). The number of furan rings is 2. The first-order valence-electron chi connectivity index (χ1n) is 11.1. The molecule has 1 aliphatic rings. The second-order valence-electron chi connectivity index (χ2n) is 8.02. The molecule has 0 aromatic carbocycles. The predicted molar refractivity (Wildman–Crippen MR) is 122 cm³/mol. The van der Waals surface area contributed by atoms with Crippen molar-refractivity contribution >= 4 is 29.1 Å². The third-order valence-corrected chi connectivity index (χ3v) is 6.56. The molecule has 8 nitrogen and oxygen atoms in total. The SMILES string of the molecule is O=C(NCC(=O)N(Cc1cccs1)[C@H](C(=O)NC1CCCCC1)c1ccco1)c1ccco1. The van der Waals surface area contributed by atoms with E-state index in [2.05, 4.69) is 10.6 Å². The van der Waals surface area contributed by atoms with E-state index in [1.807, 2.05) is 17.5 Å². The van der Waals surface area contributed by atoms with Crippen molar-refractivity contribution in [3.63, 3.8) is 0 Å².